The van der Waals surface area contributed by atoms with Crippen LogP contribution in [0.25, 0.3) is 22.1 Å². The van der Waals surface area contributed by atoms with Crippen molar-refractivity contribution in [3.05, 3.63) is 88.2 Å². The third-order valence-electron chi connectivity index (χ3n) is 4.55. The molecule has 0 atom stereocenters. The quantitative estimate of drug-likeness (QED) is 0.309. The predicted octanol–water partition coefficient (Wildman–Crippen LogP) is 5.11. The van der Waals surface area contributed by atoms with Crippen LogP contribution in [0.2, 0.25) is 5.02 Å². The summed E-state index contributed by atoms with van der Waals surface area (Å²) in [7, 11) is 1.54. The molecule has 6 nitrogen and oxygen atoms in total. The van der Waals surface area contributed by atoms with E-state index in [4.69, 9.17) is 30.2 Å². The number of ether oxygens (including phenoxy) is 3. The van der Waals surface area contributed by atoms with Crippen molar-refractivity contribution in [1.82, 2.24) is 0 Å². The molecule has 0 aliphatic carbocycles. The summed E-state index contributed by atoms with van der Waals surface area (Å²) >= 11 is 5.82. The number of carbonyl (C=O) groups is 1. The van der Waals surface area contributed by atoms with Crippen LogP contribution in [0.3, 0.4) is 0 Å². The first-order valence-electron chi connectivity index (χ1n) is 9.33. The smallest absolute Gasteiger partial charge is 0.349 e. The number of hydrogen-bond acceptors (Lipinski definition) is 6. The minimum absolute atomic E-state index is 0.213. The second-order valence-electron chi connectivity index (χ2n) is 6.55. The van der Waals surface area contributed by atoms with Gasteiger partial charge in [0.2, 0.25) is 5.43 Å². The molecule has 0 amide bonds. The predicted molar refractivity (Wildman–Crippen MR) is 117 cm³/mol. The number of para-hydroxylation sites is 1. The topological polar surface area (TPSA) is 75.0 Å². The Balaban J connectivity index is 1.52. The molecule has 7 heteroatoms. The molecule has 4 rings (SSSR count). The molecule has 0 unspecified atom stereocenters. The number of halogens is 1. The largest absolute Gasteiger partial charge is 0.496 e. The van der Waals surface area contributed by atoms with Gasteiger partial charge in [0, 0.05) is 16.7 Å². The Bertz CT molecular complexity index is 1290. The molecule has 0 fully saturated rings. The van der Waals surface area contributed by atoms with Crippen LogP contribution in [-0.4, -0.2) is 19.7 Å². The molecule has 1 aromatic heterocycles. The van der Waals surface area contributed by atoms with Gasteiger partial charge in [-0.3, -0.25) is 4.79 Å². The minimum Gasteiger partial charge on any atom is -0.496 e. The van der Waals surface area contributed by atoms with E-state index in [1.807, 2.05) is 12.1 Å². The van der Waals surface area contributed by atoms with E-state index in [1.54, 1.807) is 49.6 Å². The van der Waals surface area contributed by atoms with E-state index in [9.17, 15) is 9.59 Å². The van der Waals surface area contributed by atoms with Gasteiger partial charge in [0.15, 0.2) is 6.61 Å². The summed E-state index contributed by atoms with van der Waals surface area (Å²) in [4.78, 5) is 25.0. The maximum Gasteiger partial charge on any atom is 0.349 e. The van der Waals surface area contributed by atoms with Crippen molar-refractivity contribution in [1.29, 1.82) is 0 Å². The fraction of sp³-hybridized carbons (Fsp3) is 0.0833. The highest BCUT2D eigenvalue weighted by Crippen LogP contribution is 2.29. The van der Waals surface area contributed by atoms with E-state index in [1.165, 1.54) is 18.4 Å². The van der Waals surface area contributed by atoms with E-state index < -0.39 is 5.97 Å². The molecule has 0 aliphatic heterocycles. The SMILES string of the molecule is COc1ccccc1-c1coc2cc(OC(=O)COc3ccc(Cl)cc3)ccc2c1=O. The van der Waals surface area contributed by atoms with Gasteiger partial charge in [0.05, 0.1) is 18.1 Å². The molecule has 0 N–H and O–H groups in total. The number of rotatable bonds is 6. The Morgan fingerprint density at radius 1 is 0.968 bits per heavy atom. The normalized spacial score (nSPS) is 10.6. The molecule has 3 aromatic carbocycles. The van der Waals surface area contributed by atoms with E-state index >= 15 is 0 Å². The van der Waals surface area contributed by atoms with Gasteiger partial charge in [-0.2, -0.15) is 0 Å². The first-order valence-corrected chi connectivity index (χ1v) is 9.71. The minimum atomic E-state index is -0.595. The molecular weight excluding hydrogens is 420 g/mol. The van der Waals surface area contributed by atoms with Crippen molar-refractivity contribution in [3.63, 3.8) is 0 Å². The highest BCUT2D eigenvalue weighted by atomic mass is 35.5. The summed E-state index contributed by atoms with van der Waals surface area (Å²) in [6.07, 6.45) is 1.37. The van der Waals surface area contributed by atoms with Crippen molar-refractivity contribution in [2.75, 3.05) is 13.7 Å². The molecule has 0 saturated carbocycles. The number of esters is 1. The number of methoxy groups -OCH3 is 1. The van der Waals surface area contributed by atoms with Crippen molar-refractivity contribution in [2.24, 2.45) is 0 Å². The Kier molecular flexibility index (Phi) is 5.91. The van der Waals surface area contributed by atoms with Crippen LogP contribution < -0.4 is 19.6 Å². The average Bonchev–Trinajstić information content (AvgIpc) is 2.79. The average molecular weight is 437 g/mol. The molecule has 0 radical (unpaired) electrons. The zero-order chi connectivity index (χ0) is 21.8. The molecule has 156 valence electrons. The van der Waals surface area contributed by atoms with Crippen LogP contribution in [0.15, 0.2) is 82.2 Å². The standard InChI is InChI=1S/C24H17ClO6/c1-28-21-5-3-2-4-18(21)20-13-30-22-12-17(10-11-19(22)24(20)27)31-23(26)14-29-16-8-6-15(25)7-9-16/h2-13H,14H2,1H3. The van der Waals surface area contributed by atoms with Gasteiger partial charge in [-0.15, -0.1) is 0 Å². The lowest BCUT2D eigenvalue weighted by atomic mass is 10.0. The fourth-order valence-electron chi connectivity index (χ4n) is 3.06. The van der Waals surface area contributed by atoms with Gasteiger partial charge in [-0.25, -0.2) is 4.79 Å². The van der Waals surface area contributed by atoms with Crippen LogP contribution in [0, 0.1) is 0 Å². The fourth-order valence-corrected chi connectivity index (χ4v) is 3.19. The van der Waals surface area contributed by atoms with Crippen LogP contribution in [0.4, 0.5) is 0 Å². The lowest BCUT2D eigenvalue weighted by Crippen LogP contribution is -2.17. The number of fused-ring (bicyclic) bond motifs is 1. The monoisotopic (exact) mass is 436 g/mol. The molecule has 31 heavy (non-hydrogen) atoms. The first-order chi connectivity index (χ1) is 15.0. The summed E-state index contributed by atoms with van der Waals surface area (Å²) in [5.74, 6) is 0.711. The molecule has 4 aromatic rings. The maximum atomic E-state index is 13.0. The number of carbonyl (C=O) groups excluding carboxylic acids is 1. The van der Waals surface area contributed by atoms with Gasteiger partial charge in [-0.05, 0) is 42.5 Å². The van der Waals surface area contributed by atoms with Crippen molar-refractivity contribution < 1.29 is 23.4 Å². The second-order valence-corrected chi connectivity index (χ2v) is 6.99. The van der Waals surface area contributed by atoms with Gasteiger partial charge in [0.25, 0.3) is 0 Å². The summed E-state index contributed by atoms with van der Waals surface area (Å²) in [6.45, 7) is -0.281. The Morgan fingerprint density at radius 3 is 2.48 bits per heavy atom. The van der Waals surface area contributed by atoms with Gasteiger partial charge in [0.1, 0.15) is 29.1 Å². The van der Waals surface area contributed by atoms with Crippen molar-refractivity contribution in [3.8, 4) is 28.4 Å². The molecule has 0 bridgehead atoms. The molecular formula is C24H17ClO6. The number of hydrogen-bond donors (Lipinski definition) is 0. The molecule has 1 heterocycles. The third kappa shape index (κ3) is 4.54. The van der Waals surface area contributed by atoms with Crippen LogP contribution in [0.1, 0.15) is 0 Å². The van der Waals surface area contributed by atoms with Crippen LogP contribution in [0.5, 0.6) is 17.2 Å². The molecule has 0 spiro atoms. The van der Waals surface area contributed by atoms with Crippen molar-refractivity contribution in [2.45, 2.75) is 0 Å². The van der Waals surface area contributed by atoms with Crippen LogP contribution in [-0.2, 0) is 4.79 Å². The lowest BCUT2D eigenvalue weighted by molar-refractivity contribution is -0.136. The summed E-state index contributed by atoms with van der Waals surface area (Å²) in [5, 5.41) is 0.932. The second kappa shape index (κ2) is 8.93. The third-order valence-corrected chi connectivity index (χ3v) is 4.80. The summed E-state index contributed by atoms with van der Waals surface area (Å²) in [5.41, 5.74) is 1.10. The lowest BCUT2D eigenvalue weighted by Gasteiger charge is -2.09. The first kappa shape index (κ1) is 20.5. The Labute approximate surface area is 182 Å². The zero-order valence-electron chi connectivity index (χ0n) is 16.5. The maximum absolute atomic E-state index is 13.0. The van der Waals surface area contributed by atoms with Crippen molar-refractivity contribution >= 4 is 28.5 Å². The highest BCUT2D eigenvalue weighted by molar-refractivity contribution is 6.30. The molecule has 0 saturated heterocycles. The summed E-state index contributed by atoms with van der Waals surface area (Å²) in [6, 6.07) is 18.4. The highest BCUT2D eigenvalue weighted by Gasteiger charge is 2.14. The van der Waals surface area contributed by atoms with Crippen LogP contribution >= 0.6 is 11.6 Å². The van der Waals surface area contributed by atoms with E-state index in [0.29, 0.717) is 38.6 Å². The van der Waals surface area contributed by atoms with E-state index in [-0.39, 0.29) is 17.8 Å². The Morgan fingerprint density at radius 2 is 1.71 bits per heavy atom. The van der Waals surface area contributed by atoms with Gasteiger partial charge >= 0.3 is 5.97 Å². The van der Waals surface area contributed by atoms with Gasteiger partial charge in [-0.1, -0.05) is 29.8 Å². The molecule has 0 aliphatic rings. The van der Waals surface area contributed by atoms with E-state index in [0.717, 1.165) is 0 Å². The zero-order valence-corrected chi connectivity index (χ0v) is 17.2. The summed E-state index contributed by atoms with van der Waals surface area (Å²) < 4.78 is 21.6. The van der Waals surface area contributed by atoms with Gasteiger partial charge < -0.3 is 18.6 Å². The Hall–Kier alpha value is -3.77. The van der Waals surface area contributed by atoms with E-state index in [2.05, 4.69) is 0 Å². The number of benzene rings is 3.